The lowest BCUT2D eigenvalue weighted by atomic mass is 10.0. The highest BCUT2D eigenvalue weighted by Crippen LogP contribution is 2.27. The molecule has 4 rings (SSSR count). The van der Waals surface area contributed by atoms with Crippen LogP contribution < -0.4 is 15.9 Å². The highest BCUT2D eigenvalue weighted by atomic mass is 16.5. The van der Waals surface area contributed by atoms with Crippen molar-refractivity contribution in [3.63, 3.8) is 0 Å². The fourth-order valence-corrected chi connectivity index (χ4v) is 3.81. The van der Waals surface area contributed by atoms with E-state index in [0.29, 0.717) is 6.04 Å². The van der Waals surface area contributed by atoms with Crippen molar-refractivity contribution < 1.29 is 4.74 Å². The predicted molar refractivity (Wildman–Crippen MR) is 113 cm³/mol. The molecular weight excluding hydrogens is 352 g/mol. The summed E-state index contributed by atoms with van der Waals surface area (Å²) in [4.78, 5) is 11.9. The average Bonchev–Trinajstić information content (AvgIpc) is 2.93. The molecule has 0 radical (unpaired) electrons. The van der Waals surface area contributed by atoms with Crippen molar-refractivity contribution in [1.29, 1.82) is 0 Å². The third-order valence-corrected chi connectivity index (χ3v) is 5.37. The molecule has 1 saturated heterocycles. The number of nitrogens with two attached hydrogens (primary N) is 1. The van der Waals surface area contributed by atoms with Crippen molar-refractivity contribution in [2.75, 3.05) is 26.7 Å². The number of methoxy groups -OCH3 is 1. The van der Waals surface area contributed by atoms with E-state index in [1.165, 1.54) is 5.57 Å². The second-order valence-electron chi connectivity index (χ2n) is 7.38. The molecule has 0 bridgehead atoms. The Bertz CT molecular complexity index is 820. The molecule has 1 aromatic carbocycles. The lowest BCUT2D eigenvalue weighted by Gasteiger charge is -2.33. The molecule has 1 aromatic rings. The number of aliphatic imine (C=N–C) groups is 2. The Kier molecular flexibility index (Phi) is 5.73. The van der Waals surface area contributed by atoms with Crippen LogP contribution in [-0.4, -0.2) is 54.9 Å². The Morgan fingerprint density at radius 1 is 1.32 bits per heavy atom. The zero-order chi connectivity index (χ0) is 19.3. The third-order valence-electron chi connectivity index (χ3n) is 5.37. The van der Waals surface area contributed by atoms with Crippen molar-refractivity contribution in [2.24, 2.45) is 15.7 Å². The average molecular weight is 380 g/mol. The first-order valence-corrected chi connectivity index (χ1v) is 9.90. The van der Waals surface area contributed by atoms with Gasteiger partial charge in [-0.25, -0.2) is 9.98 Å². The number of ether oxygens (including phenoxy) is 1. The van der Waals surface area contributed by atoms with Gasteiger partial charge >= 0.3 is 0 Å². The van der Waals surface area contributed by atoms with E-state index in [4.69, 9.17) is 15.5 Å². The van der Waals surface area contributed by atoms with Crippen molar-refractivity contribution in [1.82, 2.24) is 15.3 Å². The quantitative estimate of drug-likeness (QED) is 0.839. The van der Waals surface area contributed by atoms with E-state index in [1.807, 2.05) is 29.3 Å². The number of hydrogen-bond donors (Lipinski definition) is 2. The van der Waals surface area contributed by atoms with Gasteiger partial charge in [0.25, 0.3) is 0 Å². The van der Waals surface area contributed by atoms with Gasteiger partial charge in [-0.15, -0.1) is 0 Å². The van der Waals surface area contributed by atoms with Crippen LogP contribution in [0.4, 0.5) is 5.69 Å². The normalized spacial score (nSPS) is 22.2. The van der Waals surface area contributed by atoms with Gasteiger partial charge in [0.15, 0.2) is 5.84 Å². The summed E-state index contributed by atoms with van der Waals surface area (Å²) in [5.74, 6) is 1.51. The Labute approximate surface area is 166 Å². The number of benzene rings is 1. The number of nitrogens with one attached hydrogen (secondary N) is 1. The van der Waals surface area contributed by atoms with Crippen LogP contribution in [0, 0.1) is 0 Å². The molecule has 0 spiro atoms. The summed E-state index contributed by atoms with van der Waals surface area (Å²) in [5.41, 5.74) is 12.5. The van der Waals surface area contributed by atoms with Gasteiger partial charge in [-0.2, -0.15) is 0 Å². The zero-order valence-corrected chi connectivity index (χ0v) is 16.3. The first kappa shape index (κ1) is 18.7. The number of nitrogens with zero attached hydrogens (tertiary/aromatic N) is 4. The molecule has 1 fully saturated rings. The summed E-state index contributed by atoms with van der Waals surface area (Å²) in [6.45, 7) is 3.02. The SMILES string of the molecule is COc1cccc(N=C2N=CNN3C=CCCC(CN4CCC(N)CC4)=C23)c1. The maximum absolute atomic E-state index is 6.08. The predicted octanol–water partition coefficient (Wildman–Crippen LogP) is 2.56. The van der Waals surface area contributed by atoms with Gasteiger partial charge in [0, 0.05) is 24.9 Å². The number of likely N-dealkylation sites (tertiary alicyclic amines) is 1. The molecule has 0 aliphatic carbocycles. The standard InChI is InChI=1S/C21H28N6O/c1-28-19-7-4-6-18(13-19)25-21-20-16(14-26-11-8-17(22)9-12-26)5-2-3-10-27(20)24-15-23-21/h3-4,6-7,10,13,15,17H,2,5,8-9,11-12,14,22H2,1H3,(H,23,24,25). The molecule has 0 atom stereocenters. The number of piperidine rings is 1. The fraction of sp³-hybridized carbons (Fsp3) is 0.429. The Balaban J connectivity index is 1.67. The summed E-state index contributed by atoms with van der Waals surface area (Å²) in [6.07, 6.45) is 10.1. The number of hydrogen-bond acceptors (Lipinski definition) is 6. The molecule has 7 heteroatoms. The van der Waals surface area contributed by atoms with E-state index in [-0.39, 0.29) is 0 Å². The molecule has 148 valence electrons. The number of allylic oxidation sites excluding steroid dienone is 1. The number of hydrazine groups is 1. The lowest BCUT2D eigenvalue weighted by Crippen LogP contribution is -2.43. The fourth-order valence-electron chi connectivity index (χ4n) is 3.81. The van der Waals surface area contributed by atoms with Gasteiger partial charge in [0.1, 0.15) is 17.8 Å². The van der Waals surface area contributed by atoms with Gasteiger partial charge < -0.3 is 10.5 Å². The maximum atomic E-state index is 6.08. The smallest absolute Gasteiger partial charge is 0.180 e. The molecule has 3 N–H and O–H groups in total. The molecule has 0 amide bonds. The van der Waals surface area contributed by atoms with Crippen molar-refractivity contribution in [2.45, 2.75) is 31.7 Å². The summed E-state index contributed by atoms with van der Waals surface area (Å²) in [5, 5.41) is 2.03. The summed E-state index contributed by atoms with van der Waals surface area (Å²) in [6, 6.07) is 8.10. The Hall–Kier alpha value is -2.64. The van der Waals surface area contributed by atoms with Gasteiger partial charge in [-0.3, -0.25) is 15.3 Å². The number of rotatable bonds is 4. The minimum Gasteiger partial charge on any atom is -0.497 e. The molecular formula is C21H28N6O. The number of fused-ring (bicyclic) bond motifs is 1. The molecule has 0 saturated carbocycles. The second kappa shape index (κ2) is 8.58. The van der Waals surface area contributed by atoms with Crippen LogP contribution in [0.3, 0.4) is 0 Å². The van der Waals surface area contributed by atoms with Crippen molar-refractivity contribution in [3.05, 3.63) is 47.8 Å². The molecule has 0 aromatic heterocycles. The van der Waals surface area contributed by atoms with Crippen molar-refractivity contribution >= 4 is 17.9 Å². The largest absolute Gasteiger partial charge is 0.497 e. The van der Waals surface area contributed by atoms with E-state index < -0.39 is 0 Å². The van der Waals surface area contributed by atoms with Crippen molar-refractivity contribution in [3.8, 4) is 5.75 Å². The van der Waals surface area contributed by atoms with Crippen LogP contribution in [0.25, 0.3) is 0 Å². The van der Waals surface area contributed by atoms with Gasteiger partial charge in [0.2, 0.25) is 0 Å². The highest BCUT2D eigenvalue weighted by Gasteiger charge is 2.25. The first-order valence-electron chi connectivity index (χ1n) is 9.90. The summed E-state index contributed by atoms with van der Waals surface area (Å²) < 4.78 is 5.33. The summed E-state index contributed by atoms with van der Waals surface area (Å²) >= 11 is 0. The molecule has 0 unspecified atom stereocenters. The van der Waals surface area contributed by atoms with Crippen LogP contribution in [0.15, 0.2) is 57.8 Å². The Morgan fingerprint density at radius 2 is 2.18 bits per heavy atom. The maximum Gasteiger partial charge on any atom is 0.180 e. The van der Waals surface area contributed by atoms with E-state index in [0.717, 1.165) is 68.3 Å². The monoisotopic (exact) mass is 380 g/mol. The first-order chi connectivity index (χ1) is 13.7. The van der Waals surface area contributed by atoms with E-state index in [2.05, 4.69) is 27.6 Å². The third kappa shape index (κ3) is 4.26. The number of amidine groups is 1. The van der Waals surface area contributed by atoms with Crippen LogP contribution >= 0.6 is 0 Å². The minimum absolute atomic E-state index is 0.340. The van der Waals surface area contributed by atoms with Gasteiger partial charge in [-0.1, -0.05) is 12.1 Å². The van der Waals surface area contributed by atoms with Gasteiger partial charge in [-0.05, 0) is 56.5 Å². The van der Waals surface area contributed by atoms with Crippen LogP contribution in [0.5, 0.6) is 5.75 Å². The highest BCUT2D eigenvalue weighted by molar-refractivity contribution is 6.05. The van der Waals surface area contributed by atoms with E-state index in [1.54, 1.807) is 13.4 Å². The zero-order valence-electron chi connectivity index (χ0n) is 16.3. The van der Waals surface area contributed by atoms with Crippen LogP contribution in [0.1, 0.15) is 25.7 Å². The van der Waals surface area contributed by atoms with E-state index in [9.17, 15) is 0 Å². The second-order valence-corrected chi connectivity index (χ2v) is 7.38. The van der Waals surface area contributed by atoms with Crippen LogP contribution in [0.2, 0.25) is 0 Å². The Morgan fingerprint density at radius 3 is 3.00 bits per heavy atom. The topological polar surface area (TPSA) is 78.5 Å². The van der Waals surface area contributed by atoms with Gasteiger partial charge in [0.05, 0.1) is 12.8 Å². The molecule has 7 nitrogen and oxygen atoms in total. The van der Waals surface area contributed by atoms with E-state index >= 15 is 0 Å². The summed E-state index contributed by atoms with van der Waals surface area (Å²) in [7, 11) is 1.66. The van der Waals surface area contributed by atoms with Crippen LogP contribution in [-0.2, 0) is 0 Å². The lowest BCUT2D eigenvalue weighted by molar-refractivity contribution is 0.226. The molecule has 3 aliphatic heterocycles. The minimum atomic E-state index is 0.340. The molecule has 3 heterocycles. The molecule has 3 aliphatic rings. The molecule has 28 heavy (non-hydrogen) atoms.